The maximum absolute atomic E-state index is 13.4. The Bertz CT molecular complexity index is 476. The third-order valence-electron chi connectivity index (χ3n) is 3.84. The molecule has 0 radical (unpaired) electrons. The number of carbonyl (C=O) groups excluding carboxylic acids is 1. The Morgan fingerprint density at radius 2 is 2.24 bits per heavy atom. The van der Waals surface area contributed by atoms with Gasteiger partial charge in [0, 0.05) is 18.2 Å². The molecule has 2 aliphatic rings. The largest absolute Gasteiger partial charge is 0.335 e. The standard InChI is InChI=1S/C13H13BrFNO/c14-11-4-2-9(6-12(11)15)13(17)16-7-8-1-3-10(16)5-8/h2,4,6,8,10H,1,3,5,7H2. The highest BCUT2D eigenvalue weighted by atomic mass is 79.9. The molecule has 2 atom stereocenters. The van der Waals surface area contributed by atoms with E-state index in [1.54, 1.807) is 12.1 Å². The Labute approximate surface area is 108 Å². The van der Waals surface area contributed by atoms with Crippen LogP contribution in [0, 0.1) is 11.7 Å². The van der Waals surface area contributed by atoms with Crippen molar-refractivity contribution in [3.63, 3.8) is 0 Å². The molecule has 0 N–H and O–H groups in total. The summed E-state index contributed by atoms with van der Waals surface area (Å²) < 4.78 is 13.8. The van der Waals surface area contributed by atoms with Gasteiger partial charge in [-0.25, -0.2) is 4.39 Å². The van der Waals surface area contributed by atoms with Gasteiger partial charge in [0.1, 0.15) is 5.82 Å². The van der Waals surface area contributed by atoms with Crippen LogP contribution in [-0.2, 0) is 0 Å². The van der Waals surface area contributed by atoms with E-state index in [4.69, 9.17) is 0 Å². The molecule has 4 heteroatoms. The van der Waals surface area contributed by atoms with Crippen molar-refractivity contribution in [2.24, 2.45) is 5.92 Å². The zero-order valence-corrected chi connectivity index (χ0v) is 10.9. The number of rotatable bonds is 1. The first-order valence-electron chi connectivity index (χ1n) is 5.91. The minimum Gasteiger partial charge on any atom is -0.335 e. The Balaban J connectivity index is 1.84. The van der Waals surface area contributed by atoms with Gasteiger partial charge in [-0.2, -0.15) is 0 Å². The number of fused-ring (bicyclic) bond motifs is 2. The SMILES string of the molecule is O=C(c1ccc(Br)c(F)c1)N1CC2CCC1C2. The number of piperidine rings is 1. The number of nitrogens with zero attached hydrogens (tertiary/aromatic N) is 1. The lowest BCUT2D eigenvalue weighted by Gasteiger charge is -2.27. The van der Waals surface area contributed by atoms with Crippen LogP contribution in [-0.4, -0.2) is 23.4 Å². The third kappa shape index (κ3) is 1.88. The highest BCUT2D eigenvalue weighted by molar-refractivity contribution is 9.10. The third-order valence-corrected chi connectivity index (χ3v) is 4.48. The number of likely N-dealkylation sites (tertiary alicyclic amines) is 1. The molecular formula is C13H13BrFNO. The van der Waals surface area contributed by atoms with Crippen LogP contribution in [0.1, 0.15) is 29.6 Å². The molecule has 2 bridgehead atoms. The molecule has 2 fully saturated rings. The van der Waals surface area contributed by atoms with Gasteiger partial charge < -0.3 is 4.90 Å². The zero-order chi connectivity index (χ0) is 12.0. The quantitative estimate of drug-likeness (QED) is 0.779. The molecule has 90 valence electrons. The predicted molar refractivity (Wildman–Crippen MR) is 66.3 cm³/mol. The van der Waals surface area contributed by atoms with Crippen LogP contribution >= 0.6 is 15.9 Å². The first-order valence-corrected chi connectivity index (χ1v) is 6.70. The topological polar surface area (TPSA) is 20.3 Å². The summed E-state index contributed by atoms with van der Waals surface area (Å²) in [4.78, 5) is 14.2. The second-order valence-electron chi connectivity index (χ2n) is 4.92. The van der Waals surface area contributed by atoms with Crippen LogP contribution in [0.15, 0.2) is 22.7 Å². The Kier molecular flexibility index (Phi) is 2.69. The molecule has 1 aliphatic heterocycles. The van der Waals surface area contributed by atoms with E-state index in [1.807, 2.05) is 4.90 Å². The molecule has 3 rings (SSSR count). The molecular weight excluding hydrogens is 285 g/mol. The highest BCUT2D eigenvalue weighted by Crippen LogP contribution is 2.38. The van der Waals surface area contributed by atoms with Crippen LogP contribution in [0.25, 0.3) is 0 Å². The van der Waals surface area contributed by atoms with Gasteiger partial charge in [-0.1, -0.05) is 0 Å². The lowest BCUT2D eigenvalue weighted by molar-refractivity contribution is 0.0703. The van der Waals surface area contributed by atoms with E-state index in [0.29, 0.717) is 22.0 Å². The minimum absolute atomic E-state index is 0.0244. The number of hydrogen-bond acceptors (Lipinski definition) is 1. The number of hydrogen-bond donors (Lipinski definition) is 0. The van der Waals surface area contributed by atoms with Gasteiger partial charge in [-0.3, -0.25) is 4.79 Å². The second-order valence-corrected chi connectivity index (χ2v) is 5.77. The molecule has 1 saturated carbocycles. The molecule has 1 heterocycles. The van der Waals surface area contributed by atoms with E-state index in [9.17, 15) is 9.18 Å². The fraction of sp³-hybridized carbons (Fsp3) is 0.462. The first kappa shape index (κ1) is 11.2. The van der Waals surface area contributed by atoms with Gasteiger partial charge in [0.25, 0.3) is 5.91 Å². The molecule has 1 saturated heterocycles. The Morgan fingerprint density at radius 3 is 2.82 bits per heavy atom. The Morgan fingerprint density at radius 1 is 1.41 bits per heavy atom. The van der Waals surface area contributed by atoms with Crippen molar-refractivity contribution in [2.75, 3.05) is 6.54 Å². The number of benzene rings is 1. The molecule has 2 unspecified atom stereocenters. The summed E-state index contributed by atoms with van der Waals surface area (Å²) in [5.74, 6) is 0.271. The molecule has 1 aliphatic carbocycles. The van der Waals surface area contributed by atoms with Crippen LogP contribution in [0.3, 0.4) is 0 Å². The van der Waals surface area contributed by atoms with Gasteiger partial charge in [-0.05, 0) is 59.3 Å². The summed E-state index contributed by atoms with van der Waals surface area (Å²) in [5.41, 5.74) is 0.457. The van der Waals surface area contributed by atoms with E-state index in [1.165, 1.54) is 12.5 Å². The van der Waals surface area contributed by atoms with Crippen molar-refractivity contribution in [1.82, 2.24) is 4.90 Å². The van der Waals surface area contributed by atoms with Crippen LogP contribution in [0.2, 0.25) is 0 Å². The van der Waals surface area contributed by atoms with Gasteiger partial charge >= 0.3 is 0 Å². The summed E-state index contributed by atoms with van der Waals surface area (Å²) in [6.07, 6.45) is 3.48. The molecule has 17 heavy (non-hydrogen) atoms. The predicted octanol–water partition coefficient (Wildman–Crippen LogP) is 3.21. The van der Waals surface area contributed by atoms with E-state index < -0.39 is 0 Å². The van der Waals surface area contributed by atoms with Crippen molar-refractivity contribution in [3.8, 4) is 0 Å². The zero-order valence-electron chi connectivity index (χ0n) is 9.33. The number of amides is 1. The summed E-state index contributed by atoms with van der Waals surface area (Å²) in [7, 11) is 0. The van der Waals surface area contributed by atoms with Crippen LogP contribution in [0.5, 0.6) is 0 Å². The summed E-state index contributed by atoms with van der Waals surface area (Å²) in [5, 5.41) is 0. The number of halogens is 2. The molecule has 1 aromatic rings. The monoisotopic (exact) mass is 297 g/mol. The lowest BCUT2D eigenvalue weighted by atomic mass is 10.1. The van der Waals surface area contributed by atoms with Gasteiger partial charge in [-0.15, -0.1) is 0 Å². The molecule has 2 nitrogen and oxygen atoms in total. The highest BCUT2D eigenvalue weighted by Gasteiger charge is 2.40. The lowest BCUT2D eigenvalue weighted by Crippen LogP contribution is -2.37. The second kappa shape index (κ2) is 4.09. The van der Waals surface area contributed by atoms with Crippen molar-refractivity contribution < 1.29 is 9.18 Å². The summed E-state index contributed by atoms with van der Waals surface area (Å²) in [6, 6.07) is 4.98. The van der Waals surface area contributed by atoms with Crippen molar-refractivity contribution in [1.29, 1.82) is 0 Å². The fourth-order valence-electron chi connectivity index (χ4n) is 2.97. The van der Waals surface area contributed by atoms with Gasteiger partial charge in [0.15, 0.2) is 0 Å². The van der Waals surface area contributed by atoms with Crippen molar-refractivity contribution >= 4 is 21.8 Å². The molecule has 1 aromatic carbocycles. The van der Waals surface area contributed by atoms with E-state index in [2.05, 4.69) is 15.9 Å². The number of carbonyl (C=O) groups is 1. The minimum atomic E-state index is -0.375. The van der Waals surface area contributed by atoms with Gasteiger partial charge in [0.05, 0.1) is 4.47 Å². The maximum atomic E-state index is 13.4. The fourth-order valence-corrected chi connectivity index (χ4v) is 3.22. The molecule has 0 spiro atoms. The average molecular weight is 298 g/mol. The van der Waals surface area contributed by atoms with E-state index in [-0.39, 0.29) is 11.7 Å². The normalized spacial score (nSPS) is 26.6. The Hall–Kier alpha value is -0.900. The summed E-state index contributed by atoms with van der Waals surface area (Å²) >= 11 is 3.09. The van der Waals surface area contributed by atoms with Gasteiger partial charge in [0.2, 0.25) is 0 Å². The van der Waals surface area contributed by atoms with Crippen molar-refractivity contribution in [3.05, 3.63) is 34.1 Å². The average Bonchev–Trinajstić information content (AvgIpc) is 2.93. The summed E-state index contributed by atoms with van der Waals surface area (Å²) in [6.45, 7) is 0.848. The van der Waals surface area contributed by atoms with E-state index >= 15 is 0 Å². The first-order chi connectivity index (χ1) is 8.15. The molecule has 1 amide bonds. The molecule has 0 aromatic heterocycles. The van der Waals surface area contributed by atoms with Crippen LogP contribution < -0.4 is 0 Å². The maximum Gasteiger partial charge on any atom is 0.254 e. The van der Waals surface area contributed by atoms with E-state index in [0.717, 1.165) is 19.4 Å². The smallest absolute Gasteiger partial charge is 0.254 e. The van der Waals surface area contributed by atoms with Crippen molar-refractivity contribution in [2.45, 2.75) is 25.3 Å². The van der Waals surface area contributed by atoms with Crippen LogP contribution in [0.4, 0.5) is 4.39 Å².